The highest BCUT2D eigenvalue weighted by molar-refractivity contribution is 5.82. The fraction of sp³-hybridized carbons (Fsp3) is 0.173. The highest BCUT2D eigenvalue weighted by Crippen LogP contribution is 2.46. The molecule has 16 aromatic rings. The zero-order valence-corrected chi connectivity index (χ0v) is 64.7. The van der Waals surface area contributed by atoms with Crippen molar-refractivity contribution in [3.05, 3.63) is 239 Å². The molecule has 0 amide bonds. The van der Waals surface area contributed by atoms with Crippen LogP contribution in [0.1, 0.15) is 85.1 Å². The van der Waals surface area contributed by atoms with E-state index in [1.807, 2.05) is 0 Å². The standard InChI is InChI=1S/C21H15F5N6O.C21H15F5N6.C21H16F4N6O.C18H13F4N7O/c22-11-2-1-3-13-16(11)29-19(9-4-5-9)32(13)21-30-17(27)15(24)18(31-21)28-10-6-7-14(12(23)8-10)33-20(25)26;22-13-2-1-3-14-16(13)29-19(10-4-5-10)32(14)20-30-17(27)15(23)18(31-20)28-12-8-6-11(7-9-12)21(24,25)26;22-13-2-1-3-14-16(13)28-19(10-4-5-10)31(14)21-29-17(26)15(23)18(30-21)27-11-6-8-12(9-7-11)32-20(24)25;1-8-25-15-11(3-2-6-24-15)29(8)18-27-14(23)13(20)16(28-18)26-9-4-5-12(10(19)7-9)30-17(21)22/h1-3,6-9,20H,4-5H2,(H3,27,28,30,31);1-3,6-10H,4-5H2,(H3,27,28,30,31);1-3,6-10,20H,4-5H2,(H3,26,27,29,30);2-7,17H,1H3,(H3,23,26,27,28). The topological polar surface area (TPSA) is 367 Å². The first-order valence-electron chi connectivity index (χ1n) is 37.7. The Morgan fingerprint density at radius 2 is 0.677 bits per heavy atom. The highest BCUT2D eigenvalue weighted by Gasteiger charge is 2.37. The number of fused-ring (bicyclic) bond motifs is 4. The van der Waals surface area contributed by atoms with Crippen molar-refractivity contribution < 1.29 is 93.2 Å². The van der Waals surface area contributed by atoms with E-state index >= 15 is 0 Å². The Morgan fingerprint density at radius 3 is 1.01 bits per heavy atom. The zero-order chi connectivity index (χ0) is 89.7. The van der Waals surface area contributed by atoms with Crippen molar-refractivity contribution in [1.82, 2.24) is 83.1 Å². The predicted octanol–water partition coefficient (Wildman–Crippen LogP) is 19.0. The Balaban J connectivity index is 0.000000125. The number of benzene rings is 7. The molecule has 3 aliphatic carbocycles. The van der Waals surface area contributed by atoms with Gasteiger partial charge in [0.15, 0.2) is 92.8 Å². The molecule has 9 aromatic heterocycles. The number of hydrogen-bond acceptors (Lipinski definition) is 24. The lowest BCUT2D eigenvalue weighted by Crippen LogP contribution is -2.11. The molecule has 9 heterocycles. The summed E-state index contributed by atoms with van der Waals surface area (Å²) in [6.45, 7) is -7.64. The van der Waals surface area contributed by atoms with E-state index in [9.17, 15) is 79.0 Å². The molecule has 0 radical (unpaired) electrons. The van der Waals surface area contributed by atoms with Crippen molar-refractivity contribution in [3.63, 3.8) is 0 Å². The van der Waals surface area contributed by atoms with Gasteiger partial charge < -0.3 is 58.4 Å². The molecule has 28 nitrogen and oxygen atoms in total. The fourth-order valence-corrected chi connectivity index (χ4v) is 13.1. The van der Waals surface area contributed by atoms with Gasteiger partial charge in [-0.25, -0.2) is 46.9 Å². The number of halogens is 18. The summed E-state index contributed by atoms with van der Waals surface area (Å²) in [4.78, 5) is 54.5. The molecule has 46 heteroatoms. The van der Waals surface area contributed by atoms with Crippen LogP contribution in [0, 0.1) is 59.3 Å². The number of rotatable bonds is 21. The first-order valence-corrected chi connectivity index (χ1v) is 37.7. The van der Waals surface area contributed by atoms with Crippen LogP contribution < -0.4 is 58.4 Å². The lowest BCUT2D eigenvalue weighted by Gasteiger charge is -2.13. The third kappa shape index (κ3) is 18.3. The second-order valence-electron chi connectivity index (χ2n) is 28.2. The number of pyridine rings is 1. The minimum absolute atomic E-state index is 0.000941. The number of anilines is 12. The number of aryl methyl sites for hydroxylation is 1. The van der Waals surface area contributed by atoms with E-state index in [4.69, 9.17) is 22.9 Å². The first-order chi connectivity index (χ1) is 60.8. The summed E-state index contributed by atoms with van der Waals surface area (Å²) in [5, 5.41) is 10.5. The van der Waals surface area contributed by atoms with Gasteiger partial charge in [0, 0.05) is 58.8 Å². The molecule has 0 atom stereocenters. The molecule has 3 fully saturated rings. The van der Waals surface area contributed by atoms with Crippen LogP contribution >= 0.6 is 0 Å². The van der Waals surface area contributed by atoms with Gasteiger partial charge in [-0.2, -0.15) is 96.9 Å². The van der Waals surface area contributed by atoms with Crippen molar-refractivity contribution in [2.45, 2.75) is 89.2 Å². The Kier molecular flexibility index (Phi) is 23.2. The molecule has 7 aromatic carbocycles. The van der Waals surface area contributed by atoms with Crippen LogP contribution in [0.15, 0.2) is 158 Å². The Morgan fingerprint density at radius 1 is 0.354 bits per heavy atom. The van der Waals surface area contributed by atoms with Crippen LogP contribution in [0.25, 0.3) is 68.1 Å². The van der Waals surface area contributed by atoms with Crippen molar-refractivity contribution in [1.29, 1.82) is 0 Å². The summed E-state index contributed by atoms with van der Waals surface area (Å²) < 4.78 is 260. The van der Waals surface area contributed by atoms with Crippen molar-refractivity contribution in [3.8, 4) is 41.0 Å². The molecule has 0 saturated heterocycles. The van der Waals surface area contributed by atoms with Crippen molar-refractivity contribution >= 4 is 114 Å². The van der Waals surface area contributed by atoms with Gasteiger partial charge in [0.25, 0.3) is 0 Å². The number of imidazole rings is 4. The van der Waals surface area contributed by atoms with Crippen LogP contribution in [0.2, 0.25) is 0 Å². The van der Waals surface area contributed by atoms with E-state index < -0.39 is 119 Å². The molecule has 0 bridgehead atoms. The van der Waals surface area contributed by atoms with E-state index in [2.05, 4.69) is 100 Å². The molecular formula is C81H59F18N25O3. The zero-order valence-electron chi connectivity index (χ0n) is 64.7. The quantitative estimate of drug-likeness (QED) is 0.0310. The maximum Gasteiger partial charge on any atom is 0.416 e. The third-order valence-corrected chi connectivity index (χ3v) is 19.3. The Hall–Kier alpha value is -15.6. The minimum Gasteiger partial charge on any atom is -0.435 e. The molecule has 3 saturated carbocycles. The largest absolute Gasteiger partial charge is 0.435 e. The number of alkyl halides is 9. The molecule has 19 rings (SSSR count). The normalized spacial score (nSPS) is 13.2. The number of nitrogens with zero attached hydrogens (tertiary/aromatic N) is 17. The SMILES string of the molecule is Cc1nc2ncccc2n1-c1nc(N)c(F)c(Nc2ccc(OC(F)F)c(F)c2)n1.Nc1nc(-n2c(C3CC3)nc3c(F)cccc32)nc(Nc2ccc(C(F)(F)F)cc2)c1F.Nc1nc(-n2c(C3CC3)nc3c(F)cccc32)nc(Nc2ccc(OC(F)F)c(F)c2)c1F.Nc1nc(-n2c(C3CC3)nc3c(F)cccc32)nc(Nc2ccc(OC(F)F)cc2)c1F. The van der Waals surface area contributed by atoms with Crippen molar-refractivity contribution in [2.24, 2.45) is 0 Å². The van der Waals surface area contributed by atoms with Crippen LogP contribution in [0.4, 0.5) is 148 Å². The van der Waals surface area contributed by atoms with Gasteiger partial charge in [0.05, 0.1) is 27.6 Å². The molecule has 652 valence electrons. The third-order valence-electron chi connectivity index (χ3n) is 19.3. The molecular weight excluding hydrogens is 1710 g/mol. The van der Waals surface area contributed by atoms with E-state index in [0.717, 1.165) is 87.1 Å². The number of para-hydroxylation sites is 3. The number of aromatic nitrogens is 17. The Labute approximate surface area is 700 Å². The van der Waals surface area contributed by atoms with Crippen LogP contribution in [0.5, 0.6) is 17.2 Å². The second kappa shape index (κ2) is 34.6. The number of hydrogen-bond donors (Lipinski definition) is 8. The maximum absolute atomic E-state index is 14.7. The van der Waals surface area contributed by atoms with E-state index in [1.54, 1.807) is 54.1 Å². The minimum atomic E-state index is -4.49. The highest BCUT2D eigenvalue weighted by atomic mass is 19.4. The first kappa shape index (κ1) is 85.0. The molecule has 3 aliphatic rings. The summed E-state index contributed by atoms with van der Waals surface area (Å²) in [5.74, 6) is -9.58. The van der Waals surface area contributed by atoms with Gasteiger partial charge >= 0.3 is 26.0 Å². The van der Waals surface area contributed by atoms with Crippen molar-refractivity contribution in [2.75, 3.05) is 44.2 Å². The summed E-state index contributed by atoms with van der Waals surface area (Å²) in [5.41, 5.74) is 25.4. The summed E-state index contributed by atoms with van der Waals surface area (Å²) in [6.07, 6.45) is 2.27. The second-order valence-corrected chi connectivity index (χ2v) is 28.2. The number of nitrogens with one attached hydrogen (secondary N) is 4. The average Bonchev–Trinajstić information content (AvgIpc) is 1.59. The molecule has 12 N–H and O–H groups in total. The maximum atomic E-state index is 14.7. The van der Waals surface area contributed by atoms with Gasteiger partial charge in [-0.3, -0.25) is 18.3 Å². The molecule has 127 heavy (non-hydrogen) atoms. The number of nitrogens with two attached hydrogens (primary N) is 4. The Bertz CT molecular complexity index is 6870. The van der Waals surface area contributed by atoms with Gasteiger partial charge in [0.2, 0.25) is 47.1 Å². The lowest BCUT2D eigenvalue weighted by molar-refractivity contribution is -0.137. The van der Waals surface area contributed by atoms with Crippen LogP contribution in [-0.2, 0) is 6.18 Å². The molecule has 0 unspecified atom stereocenters. The summed E-state index contributed by atoms with van der Waals surface area (Å²) in [6, 6.07) is 32.3. The lowest BCUT2D eigenvalue weighted by atomic mass is 10.2. The van der Waals surface area contributed by atoms with Gasteiger partial charge in [0.1, 0.15) is 45.6 Å². The van der Waals surface area contributed by atoms with E-state index in [1.165, 1.54) is 80.4 Å². The summed E-state index contributed by atoms with van der Waals surface area (Å²) in [7, 11) is 0. The fourth-order valence-electron chi connectivity index (χ4n) is 13.1. The predicted molar refractivity (Wildman–Crippen MR) is 426 cm³/mol. The smallest absolute Gasteiger partial charge is 0.416 e. The van der Waals surface area contributed by atoms with Crippen LogP contribution in [-0.4, -0.2) is 103 Å². The van der Waals surface area contributed by atoms with Gasteiger partial charge in [-0.05, 0) is 167 Å². The van der Waals surface area contributed by atoms with E-state index in [-0.39, 0.29) is 104 Å². The summed E-state index contributed by atoms with van der Waals surface area (Å²) >= 11 is 0. The van der Waals surface area contributed by atoms with Gasteiger partial charge in [-0.1, -0.05) is 18.2 Å². The molecule has 0 aliphatic heterocycles. The average molecular weight is 1770 g/mol. The van der Waals surface area contributed by atoms with E-state index in [0.29, 0.717) is 56.7 Å². The molecule has 0 spiro atoms. The monoisotopic (exact) mass is 1770 g/mol. The number of ether oxygens (including phenoxy) is 3. The van der Waals surface area contributed by atoms with Crippen LogP contribution in [0.3, 0.4) is 0 Å². The number of nitrogen functional groups attached to an aromatic ring is 4. The van der Waals surface area contributed by atoms with Gasteiger partial charge in [-0.15, -0.1) is 0 Å².